The van der Waals surface area contributed by atoms with Crippen molar-refractivity contribution in [1.82, 2.24) is 15.0 Å². The fraction of sp³-hybridized carbons (Fsp3) is 0.333. The number of para-hydroxylation sites is 1. The molecule has 3 heterocycles. The van der Waals surface area contributed by atoms with Gasteiger partial charge in [-0.25, -0.2) is 19.7 Å². The van der Waals surface area contributed by atoms with E-state index in [2.05, 4.69) is 25.5 Å². The smallest absolute Gasteiger partial charge is 0.325 e. The van der Waals surface area contributed by atoms with Crippen LogP contribution in [0, 0.1) is 0 Å². The molecule has 12 heteroatoms. The minimum absolute atomic E-state index is 0.0254. The van der Waals surface area contributed by atoms with E-state index in [1.54, 1.807) is 24.4 Å². The summed E-state index contributed by atoms with van der Waals surface area (Å²) in [7, 11) is -2.79. The van der Waals surface area contributed by atoms with Gasteiger partial charge in [0.05, 0.1) is 41.8 Å². The maximum absolute atomic E-state index is 12.3. The molecule has 0 spiro atoms. The Labute approximate surface area is 197 Å². The molecule has 4 rings (SSSR count). The largest absolute Gasteiger partial charge is 0.377 e. The molecule has 0 radical (unpaired) electrons. The van der Waals surface area contributed by atoms with Crippen molar-refractivity contribution in [3.8, 4) is 10.7 Å². The van der Waals surface area contributed by atoms with Crippen LogP contribution in [0.15, 0.2) is 42.6 Å². The number of anilines is 3. The van der Waals surface area contributed by atoms with E-state index in [9.17, 15) is 13.9 Å². The Kier molecular flexibility index (Phi) is 7.10. The molecular weight excluding hydrogens is 464 g/mol. The highest BCUT2D eigenvalue weighted by atomic mass is 32.3. The first-order valence-electron chi connectivity index (χ1n) is 10.3. The lowest BCUT2D eigenvalue weighted by Gasteiger charge is -2.35. The molecule has 0 unspecified atom stereocenters. The first kappa shape index (κ1) is 23.4. The molecule has 0 aliphatic carbocycles. The van der Waals surface area contributed by atoms with Crippen LogP contribution in [-0.4, -0.2) is 62.1 Å². The number of carbonyl (C=O) groups excluding carboxylic acids is 1. The third-order valence-electron chi connectivity index (χ3n) is 4.83. The van der Waals surface area contributed by atoms with Crippen LogP contribution >= 0.6 is 21.9 Å². The van der Waals surface area contributed by atoms with Gasteiger partial charge in [0.2, 0.25) is 0 Å². The van der Waals surface area contributed by atoms with Crippen LogP contribution in [0.5, 0.6) is 0 Å². The van der Waals surface area contributed by atoms with Crippen LogP contribution in [0.25, 0.3) is 10.7 Å². The molecular formula is C21H26N6O4S2. The quantitative estimate of drug-likeness (QED) is 0.401. The van der Waals surface area contributed by atoms with Gasteiger partial charge < -0.3 is 15.0 Å². The minimum Gasteiger partial charge on any atom is -0.377 e. The lowest BCUT2D eigenvalue weighted by Crippen LogP contribution is -2.44. The number of hydrogen-bond acceptors (Lipinski definition) is 9. The summed E-state index contributed by atoms with van der Waals surface area (Å²) in [5.41, 5.74) is 1.20. The second-order valence-electron chi connectivity index (χ2n) is 7.77. The van der Waals surface area contributed by atoms with Crippen molar-refractivity contribution in [1.29, 1.82) is 0 Å². The molecule has 1 saturated heterocycles. The summed E-state index contributed by atoms with van der Waals surface area (Å²) >= 11 is 1.24. The highest BCUT2D eigenvalue weighted by Crippen LogP contribution is 2.39. The summed E-state index contributed by atoms with van der Waals surface area (Å²) in [6.07, 6.45) is 2.99. The number of nitrogens with one attached hydrogen (secondary N) is 2. The summed E-state index contributed by atoms with van der Waals surface area (Å²) in [5.74, 6) is 1.13. The fourth-order valence-electron chi connectivity index (χ4n) is 3.38. The molecule has 33 heavy (non-hydrogen) atoms. The lowest BCUT2D eigenvalue weighted by molar-refractivity contribution is 0.0985. The Morgan fingerprint density at radius 1 is 1.27 bits per heavy atom. The maximum Gasteiger partial charge on any atom is 0.325 e. The number of benzene rings is 1. The minimum atomic E-state index is -2.79. The van der Waals surface area contributed by atoms with Gasteiger partial charge in [0.15, 0.2) is 11.0 Å². The van der Waals surface area contributed by atoms with E-state index in [4.69, 9.17) is 9.72 Å². The first-order valence-corrected chi connectivity index (χ1v) is 13.2. The summed E-state index contributed by atoms with van der Waals surface area (Å²) in [5, 5.41) is 5.86. The van der Waals surface area contributed by atoms with Crippen LogP contribution in [0.1, 0.15) is 12.6 Å². The van der Waals surface area contributed by atoms with Crippen LogP contribution < -0.4 is 15.5 Å². The van der Waals surface area contributed by atoms with Crippen LogP contribution in [0.2, 0.25) is 0 Å². The highest BCUT2D eigenvalue weighted by Gasteiger charge is 2.23. The van der Waals surface area contributed by atoms with Gasteiger partial charge in [-0.3, -0.25) is 14.4 Å². The first-order chi connectivity index (χ1) is 15.8. The van der Waals surface area contributed by atoms with Crippen molar-refractivity contribution in [2.75, 3.05) is 41.5 Å². The van der Waals surface area contributed by atoms with Gasteiger partial charge >= 0.3 is 6.03 Å². The van der Waals surface area contributed by atoms with Crippen molar-refractivity contribution >= 4 is 44.6 Å². The Morgan fingerprint density at radius 3 is 2.79 bits per heavy atom. The molecule has 0 bridgehead atoms. The van der Waals surface area contributed by atoms with E-state index < -0.39 is 16.6 Å². The average Bonchev–Trinajstić information content (AvgIpc) is 3.21. The predicted molar refractivity (Wildman–Crippen MR) is 132 cm³/mol. The number of ether oxygens (including phenoxy) is 1. The summed E-state index contributed by atoms with van der Waals surface area (Å²) in [6, 6.07) is 10.6. The van der Waals surface area contributed by atoms with Crippen molar-refractivity contribution in [2.45, 2.75) is 18.7 Å². The number of urea groups is 1. The average molecular weight is 491 g/mol. The van der Waals surface area contributed by atoms with Crippen LogP contribution in [-0.2, 0) is 10.5 Å². The topological polar surface area (TPSA) is 133 Å². The van der Waals surface area contributed by atoms with E-state index in [0.717, 1.165) is 0 Å². The second-order valence-corrected chi connectivity index (χ2v) is 11.1. The number of aromatic nitrogens is 3. The molecule has 2 amide bonds. The van der Waals surface area contributed by atoms with Gasteiger partial charge in [-0.2, -0.15) is 10.6 Å². The number of hydrogen-bond donors (Lipinski definition) is 4. The summed E-state index contributed by atoms with van der Waals surface area (Å²) in [6.45, 7) is 3.90. The number of amides is 2. The molecule has 1 fully saturated rings. The molecule has 1 atom stereocenters. The van der Waals surface area contributed by atoms with Gasteiger partial charge in [0.25, 0.3) is 0 Å². The zero-order valence-electron chi connectivity index (χ0n) is 18.3. The standard InChI is InChI=1S/C21H26N6O4S2/c1-14-12-31-9-8-27(14)18-10-16(13-33(2,29)30)23-19(25-18)17-11-22-21(32-17)26-20(28)24-15-6-4-3-5-7-15/h3-7,10-11,14,29-30H,8-9,12-13H2,1-2H3,(H2,22,24,26,28)/t14-/m0/s1. The highest BCUT2D eigenvalue weighted by molar-refractivity contribution is 8.23. The van der Waals surface area contributed by atoms with Crippen molar-refractivity contribution in [3.05, 3.63) is 48.3 Å². The van der Waals surface area contributed by atoms with Gasteiger partial charge in [-0.15, -0.1) is 0 Å². The predicted octanol–water partition coefficient (Wildman–Crippen LogP) is 4.35. The summed E-state index contributed by atoms with van der Waals surface area (Å²) < 4.78 is 25.5. The van der Waals surface area contributed by atoms with E-state index in [0.29, 0.717) is 52.8 Å². The van der Waals surface area contributed by atoms with Crippen LogP contribution in [0.4, 0.5) is 21.4 Å². The molecule has 1 aliphatic rings. The van der Waals surface area contributed by atoms with Gasteiger partial charge in [0, 0.05) is 24.6 Å². The monoisotopic (exact) mass is 490 g/mol. The molecule has 1 aromatic carbocycles. The Hall–Kier alpha value is -2.77. The van der Waals surface area contributed by atoms with E-state index in [1.165, 1.54) is 17.6 Å². The summed E-state index contributed by atoms with van der Waals surface area (Å²) in [4.78, 5) is 28.6. The van der Waals surface area contributed by atoms with Gasteiger partial charge in [0.1, 0.15) is 5.82 Å². The van der Waals surface area contributed by atoms with Gasteiger partial charge in [-0.1, -0.05) is 29.5 Å². The van der Waals surface area contributed by atoms with Crippen molar-refractivity contribution in [3.63, 3.8) is 0 Å². The zero-order valence-corrected chi connectivity index (χ0v) is 19.9. The fourth-order valence-corrected chi connectivity index (χ4v) is 4.83. The number of nitrogens with zero attached hydrogens (tertiary/aromatic N) is 4. The second kappa shape index (κ2) is 10.0. The normalized spacial score (nSPS) is 17.0. The van der Waals surface area contributed by atoms with Crippen molar-refractivity contribution in [2.24, 2.45) is 0 Å². The molecule has 4 N–H and O–H groups in total. The van der Waals surface area contributed by atoms with E-state index in [1.807, 2.05) is 25.1 Å². The number of carbonyl (C=O) groups is 1. The molecule has 1 aliphatic heterocycles. The Morgan fingerprint density at radius 2 is 2.06 bits per heavy atom. The number of morpholine rings is 1. The molecule has 2 aromatic heterocycles. The van der Waals surface area contributed by atoms with Gasteiger partial charge in [-0.05, 0) is 19.1 Å². The molecule has 0 saturated carbocycles. The third kappa shape index (κ3) is 6.39. The SMILES string of the molecule is C[C@H]1COCCN1c1cc(CS(C)(O)O)nc(-c2cnc(NC(=O)Nc3ccccc3)s2)n1. The molecule has 3 aromatic rings. The maximum atomic E-state index is 12.3. The molecule has 10 nitrogen and oxygen atoms in total. The van der Waals surface area contributed by atoms with E-state index >= 15 is 0 Å². The third-order valence-corrected chi connectivity index (χ3v) is 6.58. The lowest BCUT2D eigenvalue weighted by atomic mass is 10.2. The van der Waals surface area contributed by atoms with E-state index in [-0.39, 0.29) is 11.8 Å². The Bertz CT molecular complexity index is 1110. The molecule has 176 valence electrons. The number of rotatable bonds is 6. The Balaban J connectivity index is 1.57. The number of thiazole rings is 1. The zero-order chi connectivity index (χ0) is 23.4. The van der Waals surface area contributed by atoms with Crippen molar-refractivity contribution < 1.29 is 18.6 Å². The van der Waals surface area contributed by atoms with Crippen LogP contribution in [0.3, 0.4) is 0 Å².